The second-order valence-corrected chi connectivity index (χ2v) is 6.17. The highest BCUT2D eigenvalue weighted by atomic mass is 35.5. The lowest BCUT2D eigenvalue weighted by atomic mass is 10.2. The lowest BCUT2D eigenvalue weighted by Crippen LogP contribution is -2.50. The Hall–Kier alpha value is -2.19. The summed E-state index contributed by atoms with van der Waals surface area (Å²) in [6, 6.07) is 3.65. The fraction of sp³-hybridized carbons (Fsp3) is 0.467. The van der Waals surface area contributed by atoms with Crippen LogP contribution in [0.15, 0.2) is 18.2 Å². The molecular formula is C15H19ClN4O4. The van der Waals surface area contributed by atoms with E-state index in [-0.39, 0.29) is 28.7 Å². The summed E-state index contributed by atoms with van der Waals surface area (Å²) >= 11 is 5.96. The van der Waals surface area contributed by atoms with Crippen LogP contribution in [0.3, 0.4) is 0 Å². The summed E-state index contributed by atoms with van der Waals surface area (Å²) in [5.74, 6) is -0.575. The van der Waals surface area contributed by atoms with Gasteiger partial charge in [0.15, 0.2) is 0 Å². The number of amides is 2. The van der Waals surface area contributed by atoms with E-state index >= 15 is 0 Å². The Kier molecular flexibility index (Phi) is 5.74. The number of rotatable bonds is 4. The highest BCUT2D eigenvalue weighted by Gasteiger charge is 2.24. The molecule has 2 rings (SSSR count). The van der Waals surface area contributed by atoms with Crippen molar-refractivity contribution in [2.75, 3.05) is 46.8 Å². The fourth-order valence-electron chi connectivity index (χ4n) is 2.43. The maximum Gasteiger partial charge on any atom is 0.270 e. The molecule has 0 atom stereocenters. The summed E-state index contributed by atoms with van der Waals surface area (Å²) in [7, 11) is 3.50. The summed E-state index contributed by atoms with van der Waals surface area (Å²) in [5, 5.41) is 10.7. The second kappa shape index (κ2) is 7.59. The molecule has 0 unspecified atom stereocenters. The monoisotopic (exact) mass is 354 g/mol. The lowest BCUT2D eigenvalue weighted by molar-refractivity contribution is -0.384. The molecule has 1 aromatic rings. The third kappa shape index (κ3) is 4.21. The number of benzene rings is 1. The maximum absolute atomic E-state index is 12.4. The molecule has 1 aliphatic rings. The van der Waals surface area contributed by atoms with E-state index in [2.05, 4.69) is 4.90 Å². The van der Waals surface area contributed by atoms with Crippen LogP contribution >= 0.6 is 11.6 Å². The first-order chi connectivity index (χ1) is 11.3. The van der Waals surface area contributed by atoms with Crippen molar-refractivity contribution in [1.82, 2.24) is 14.7 Å². The Morgan fingerprint density at radius 3 is 2.46 bits per heavy atom. The van der Waals surface area contributed by atoms with Crippen LogP contribution in [0.4, 0.5) is 5.69 Å². The summed E-state index contributed by atoms with van der Waals surface area (Å²) in [6.07, 6.45) is 0. The van der Waals surface area contributed by atoms with Gasteiger partial charge in [0.2, 0.25) is 5.91 Å². The first kappa shape index (κ1) is 18.2. The van der Waals surface area contributed by atoms with Crippen LogP contribution in [0.2, 0.25) is 5.02 Å². The van der Waals surface area contributed by atoms with E-state index in [1.807, 2.05) is 7.05 Å². The van der Waals surface area contributed by atoms with Gasteiger partial charge in [-0.05, 0) is 13.1 Å². The lowest BCUT2D eigenvalue weighted by Gasteiger charge is -2.33. The van der Waals surface area contributed by atoms with E-state index in [0.717, 1.165) is 19.2 Å². The van der Waals surface area contributed by atoms with E-state index < -0.39 is 10.8 Å². The quantitative estimate of drug-likeness (QED) is 0.596. The molecule has 8 nitrogen and oxygen atoms in total. The third-order valence-corrected chi connectivity index (χ3v) is 4.28. The number of halogens is 1. The Morgan fingerprint density at radius 1 is 1.29 bits per heavy atom. The average Bonchev–Trinajstić information content (AvgIpc) is 2.54. The normalized spacial score (nSPS) is 15.2. The molecule has 24 heavy (non-hydrogen) atoms. The van der Waals surface area contributed by atoms with Crippen LogP contribution in [0, 0.1) is 10.1 Å². The molecule has 0 aromatic heterocycles. The Balaban J connectivity index is 2.01. The van der Waals surface area contributed by atoms with Gasteiger partial charge in [0.1, 0.15) is 0 Å². The van der Waals surface area contributed by atoms with Crippen LogP contribution in [0.25, 0.3) is 0 Å². The largest absolute Gasteiger partial charge is 0.339 e. The molecule has 1 saturated heterocycles. The van der Waals surface area contributed by atoms with Crippen molar-refractivity contribution in [2.45, 2.75) is 0 Å². The van der Waals surface area contributed by atoms with E-state index in [1.54, 1.807) is 4.90 Å². The minimum Gasteiger partial charge on any atom is -0.339 e. The van der Waals surface area contributed by atoms with Gasteiger partial charge in [0.05, 0.1) is 22.1 Å². The van der Waals surface area contributed by atoms with E-state index in [0.29, 0.717) is 13.1 Å². The number of hydrogen-bond donors (Lipinski definition) is 0. The summed E-state index contributed by atoms with van der Waals surface area (Å²) < 4.78 is 0. The highest BCUT2D eigenvalue weighted by Crippen LogP contribution is 2.23. The molecule has 0 bridgehead atoms. The van der Waals surface area contributed by atoms with Crippen LogP contribution in [-0.2, 0) is 4.79 Å². The SMILES string of the molecule is CN1CCN(C(=O)CN(C)C(=O)c2ccc([N+](=O)[O-])cc2Cl)CC1. The van der Waals surface area contributed by atoms with Crippen molar-refractivity contribution in [3.05, 3.63) is 38.9 Å². The summed E-state index contributed by atoms with van der Waals surface area (Å²) in [4.78, 5) is 39.9. The number of likely N-dealkylation sites (N-methyl/N-ethyl adjacent to an activating group) is 2. The molecule has 0 radical (unpaired) electrons. The molecule has 1 aromatic carbocycles. The fourth-order valence-corrected chi connectivity index (χ4v) is 2.68. The molecule has 1 aliphatic heterocycles. The number of piperazine rings is 1. The van der Waals surface area contributed by atoms with Crippen molar-refractivity contribution in [3.63, 3.8) is 0 Å². The molecule has 0 N–H and O–H groups in total. The molecule has 0 saturated carbocycles. The van der Waals surface area contributed by atoms with E-state index in [4.69, 9.17) is 11.6 Å². The molecule has 1 heterocycles. The number of nitrogens with zero attached hydrogens (tertiary/aromatic N) is 4. The highest BCUT2D eigenvalue weighted by molar-refractivity contribution is 6.34. The standard InChI is InChI=1S/C15H19ClN4O4/c1-17-5-7-19(8-6-17)14(21)10-18(2)15(22)12-4-3-11(20(23)24)9-13(12)16/h3-4,9H,5-8,10H2,1-2H3. The summed E-state index contributed by atoms with van der Waals surface area (Å²) in [5.41, 5.74) is -0.0522. The van der Waals surface area contributed by atoms with Gasteiger partial charge in [-0.15, -0.1) is 0 Å². The molecular weight excluding hydrogens is 336 g/mol. The Labute approximate surface area is 144 Å². The molecule has 0 spiro atoms. The van der Waals surface area contributed by atoms with Crippen molar-refractivity contribution in [1.29, 1.82) is 0 Å². The van der Waals surface area contributed by atoms with Gasteiger partial charge < -0.3 is 14.7 Å². The zero-order valence-electron chi connectivity index (χ0n) is 13.6. The number of carbonyl (C=O) groups is 2. The first-order valence-electron chi connectivity index (χ1n) is 7.45. The topological polar surface area (TPSA) is 87.0 Å². The molecule has 9 heteroatoms. The van der Waals surface area contributed by atoms with Crippen LogP contribution in [0.1, 0.15) is 10.4 Å². The van der Waals surface area contributed by atoms with Gasteiger partial charge >= 0.3 is 0 Å². The second-order valence-electron chi connectivity index (χ2n) is 5.77. The van der Waals surface area contributed by atoms with Gasteiger partial charge in [0.25, 0.3) is 11.6 Å². The van der Waals surface area contributed by atoms with Crippen LogP contribution in [0.5, 0.6) is 0 Å². The molecule has 2 amide bonds. The Bertz CT molecular complexity index is 659. The molecule has 1 fully saturated rings. The maximum atomic E-state index is 12.4. The van der Waals surface area contributed by atoms with Crippen LogP contribution in [-0.4, -0.2) is 78.3 Å². The van der Waals surface area contributed by atoms with E-state index in [9.17, 15) is 19.7 Å². The number of hydrogen-bond acceptors (Lipinski definition) is 5. The van der Waals surface area contributed by atoms with Crippen molar-refractivity contribution < 1.29 is 14.5 Å². The van der Waals surface area contributed by atoms with Crippen molar-refractivity contribution >= 4 is 29.1 Å². The minimum absolute atomic E-state index is 0.00639. The van der Waals surface area contributed by atoms with Gasteiger partial charge in [0, 0.05) is 45.4 Å². The first-order valence-corrected chi connectivity index (χ1v) is 7.83. The number of nitro groups is 1. The zero-order chi connectivity index (χ0) is 17.9. The number of nitro benzene ring substituents is 1. The van der Waals surface area contributed by atoms with Gasteiger partial charge in [-0.3, -0.25) is 19.7 Å². The smallest absolute Gasteiger partial charge is 0.270 e. The molecule has 0 aliphatic carbocycles. The Morgan fingerprint density at radius 2 is 1.92 bits per heavy atom. The van der Waals surface area contributed by atoms with Crippen molar-refractivity contribution in [3.8, 4) is 0 Å². The number of carbonyl (C=O) groups excluding carboxylic acids is 2. The average molecular weight is 355 g/mol. The molecule has 130 valence electrons. The minimum atomic E-state index is -0.583. The van der Waals surface area contributed by atoms with Crippen LogP contribution < -0.4 is 0 Å². The summed E-state index contributed by atoms with van der Waals surface area (Å²) in [6.45, 7) is 2.82. The van der Waals surface area contributed by atoms with Gasteiger partial charge in [-0.1, -0.05) is 11.6 Å². The predicted octanol–water partition coefficient (Wildman–Crippen LogP) is 1.09. The number of non-ortho nitro benzene ring substituents is 1. The zero-order valence-corrected chi connectivity index (χ0v) is 14.3. The third-order valence-electron chi connectivity index (χ3n) is 3.97. The van der Waals surface area contributed by atoms with E-state index in [1.165, 1.54) is 24.1 Å². The predicted molar refractivity (Wildman–Crippen MR) is 89.1 cm³/mol. The van der Waals surface area contributed by atoms with Crippen molar-refractivity contribution in [2.24, 2.45) is 0 Å². The van der Waals surface area contributed by atoms with Gasteiger partial charge in [-0.2, -0.15) is 0 Å². The van der Waals surface area contributed by atoms with Gasteiger partial charge in [-0.25, -0.2) is 0 Å².